The lowest BCUT2D eigenvalue weighted by Crippen LogP contribution is -2.57. The zero-order valence-electron chi connectivity index (χ0n) is 12.8. The first-order valence-corrected chi connectivity index (χ1v) is 7.30. The third-order valence-corrected chi connectivity index (χ3v) is 3.94. The van der Waals surface area contributed by atoms with Crippen LogP contribution in [0.15, 0.2) is 18.2 Å². The lowest BCUT2D eigenvalue weighted by Gasteiger charge is -2.34. The standard InChI is InChI=1S/C16H22N2O3/c1-4-13-16(20)17-8-9-18(13)15(19)10-21-14-7-5-6-11(2)12(14)3/h5-7,13H,4,8-10H2,1-3H3,(H,17,20). The quantitative estimate of drug-likeness (QED) is 0.912. The van der Waals surface area contributed by atoms with Crippen molar-refractivity contribution in [2.45, 2.75) is 33.2 Å². The van der Waals surface area contributed by atoms with Gasteiger partial charge in [-0.15, -0.1) is 0 Å². The maximum atomic E-state index is 12.3. The second kappa shape index (κ2) is 6.61. The summed E-state index contributed by atoms with van der Waals surface area (Å²) < 4.78 is 5.64. The first-order valence-electron chi connectivity index (χ1n) is 7.30. The largest absolute Gasteiger partial charge is 0.483 e. The molecule has 0 aliphatic carbocycles. The van der Waals surface area contributed by atoms with E-state index in [1.807, 2.05) is 39.0 Å². The summed E-state index contributed by atoms with van der Waals surface area (Å²) in [7, 11) is 0. The Balaban J connectivity index is 2.01. The second-order valence-electron chi connectivity index (χ2n) is 5.29. The predicted molar refractivity (Wildman–Crippen MR) is 80.2 cm³/mol. The van der Waals surface area contributed by atoms with Gasteiger partial charge in [-0.1, -0.05) is 19.1 Å². The molecule has 1 saturated heterocycles. The molecule has 1 unspecified atom stereocenters. The SMILES string of the molecule is CCC1C(=O)NCCN1C(=O)COc1cccc(C)c1C. The molecule has 5 heteroatoms. The summed E-state index contributed by atoms with van der Waals surface area (Å²) in [5.74, 6) is 0.499. The summed E-state index contributed by atoms with van der Waals surface area (Å²) in [6, 6.07) is 5.39. The minimum atomic E-state index is -0.381. The van der Waals surface area contributed by atoms with Crippen molar-refractivity contribution in [2.24, 2.45) is 0 Å². The van der Waals surface area contributed by atoms with Crippen LogP contribution in [0, 0.1) is 13.8 Å². The van der Waals surface area contributed by atoms with E-state index in [0.717, 1.165) is 16.9 Å². The maximum Gasteiger partial charge on any atom is 0.261 e. The lowest BCUT2D eigenvalue weighted by molar-refractivity contribution is -0.144. The molecule has 114 valence electrons. The minimum absolute atomic E-state index is 0.0337. The van der Waals surface area contributed by atoms with Crippen LogP contribution in [-0.4, -0.2) is 42.5 Å². The molecule has 1 N–H and O–H groups in total. The molecule has 21 heavy (non-hydrogen) atoms. The Hall–Kier alpha value is -2.04. The van der Waals surface area contributed by atoms with Crippen LogP contribution in [-0.2, 0) is 9.59 Å². The van der Waals surface area contributed by atoms with Crippen molar-refractivity contribution in [3.63, 3.8) is 0 Å². The van der Waals surface area contributed by atoms with E-state index in [9.17, 15) is 9.59 Å². The van der Waals surface area contributed by atoms with Crippen LogP contribution in [0.4, 0.5) is 0 Å². The molecule has 1 heterocycles. The van der Waals surface area contributed by atoms with Crippen LogP contribution >= 0.6 is 0 Å². The molecule has 2 rings (SSSR count). The number of carbonyl (C=O) groups excluding carboxylic acids is 2. The summed E-state index contributed by atoms with van der Waals surface area (Å²) in [4.78, 5) is 25.7. The highest BCUT2D eigenvalue weighted by Crippen LogP contribution is 2.20. The van der Waals surface area contributed by atoms with Gasteiger partial charge in [0.15, 0.2) is 6.61 Å². The number of piperazine rings is 1. The van der Waals surface area contributed by atoms with Gasteiger partial charge in [-0.05, 0) is 37.5 Å². The van der Waals surface area contributed by atoms with E-state index in [1.165, 1.54) is 0 Å². The summed E-state index contributed by atoms with van der Waals surface area (Å²) in [5, 5.41) is 2.78. The Kier molecular flexibility index (Phi) is 4.83. The number of carbonyl (C=O) groups is 2. The van der Waals surface area contributed by atoms with Crippen molar-refractivity contribution in [1.82, 2.24) is 10.2 Å². The van der Waals surface area contributed by atoms with Gasteiger partial charge >= 0.3 is 0 Å². The van der Waals surface area contributed by atoms with Gasteiger partial charge < -0.3 is 15.0 Å². The van der Waals surface area contributed by atoms with Gasteiger partial charge in [0.25, 0.3) is 5.91 Å². The first-order chi connectivity index (χ1) is 10.0. The van der Waals surface area contributed by atoms with Gasteiger partial charge in [0.05, 0.1) is 0 Å². The van der Waals surface area contributed by atoms with E-state index in [4.69, 9.17) is 4.74 Å². The summed E-state index contributed by atoms with van der Waals surface area (Å²) in [6.45, 7) is 6.89. The van der Waals surface area contributed by atoms with E-state index in [2.05, 4.69) is 5.32 Å². The monoisotopic (exact) mass is 290 g/mol. The number of nitrogens with one attached hydrogen (secondary N) is 1. The Labute approximate surface area is 125 Å². The molecular formula is C16H22N2O3. The molecule has 1 atom stereocenters. The summed E-state index contributed by atoms with van der Waals surface area (Å²) in [6.07, 6.45) is 0.612. The molecule has 1 aromatic carbocycles. The highest BCUT2D eigenvalue weighted by atomic mass is 16.5. The summed E-state index contributed by atoms with van der Waals surface area (Å²) in [5.41, 5.74) is 2.16. The van der Waals surface area contributed by atoms with Crippen LogP contribution < -0.4 is 10.1 Å². The fourth-order valence-electron chi connectivity index (χ4n) is 2.52. The van der Waals surface area contributed by atoms with Gasteiger partial charge in [-0.25, -0.2) is 0 Å². The minimum Gasteiger partial charge on any atom is -0.483 e. The van der Waals surface area contributed by atoms with E-state index < -0.39 is 0 Å². The van der Waals surface area contributed by atoms with Crippen molar-refractivity contribution in [1.29, 1.82) is 0 Å². The van der Waals surface area contributed by atoms with Crippen molar-refractivity contribution < 1.29 is 14.3 Å². The maximum absolute atomic E-state index is 12.3. The van der Waals surface area contributed by atoms with Crippen LogP contribution in [0.25, 0.3) is 0 Å². The second-order valence-corrected chi connectivity index (χ2v) is 5.29. The van der Waals surface area contributed by atoms with Gasteiger partial charge in [0, 0.05) is 13.1 Å². The van der Waals surface area contributed by atoms with Crippen molar-refractivity contribution in [3.8, 4) is 5.75 Å². The van der Waals surface area contributed by atoms with Gasteiger partial charge in [-0.2, -0.15) is 0 Å². The molecule has 5 nitrogen and oxygen atoms in total. The Morgan fingerprint density at radius 2 is 2.19 bits per heavy atom. The number of hydrogen-bond acceptors (Lipinski definition) is 3. The highest BCUT2D eigenvalue weighted by molar-refractivity contribution is 5.89. The van der Waals surface area contributed by atoms with Gasteiger partial charge in [0.2, 0.25) is 5.91 Å². The van der Waals surface area contributed by atoms with Crippen LogP contribution in [0.5, 0.6) is 5.75 Å². The topological polar surface area (TPSA) is 58.6 Å². The Bertz CT molecular complexity index is 542. The predicted octanol–water partition coefficient (Wildman–Crippen LogP) is 1.42. The van der Waals surface area contributed by atoms with E-state index in [-0.39, 0.29) is 24.5 Å². The number of nitrogens with zero attached hydrogens (tertiary/aromatic N) is 1. The average Bonchev–Trinajstić information content (AvgIpc) is 2.48. The number of aryl methyl sites for hydroxylation is 1. The highest BCUT2D eigenvalue weighted by Gasteiger charge is 2.31. The number of benzene rings is 1. The fraction of sp³-hybridized carbons (Fsp3) is 0.500. The van der Waals surface area contributed by atoms with Crippen LogP contribution in [0.2, 0.25) is 0 Å². The molecule has 0 aromatic heterocycles. The molecule has 1 aliphatic rings. The number of ether oxygens (including phenoxy) is 1. The molecule has 0 radical (unpaired) electrons. The average molecular weight is 290 g/mol. The third-order valence-electron chi connectivity index (χ3n) is 3.94. The molecule has 2 amide bonds. The Morgan fingerprint density at radius 1 is 1.43 bits per heavy atom. The third kappa shape index (κ3) is 3.35. The van der Waals surface area contributed by atoms with Crippen LogP contribution in [0.3, 0.4) is 0 Å². The van der Waals surface area contributed by atoms with Gasteiger partial charge in [0.1, 0.15) is 11.8 Å². The summed E-state index contributed by atoms with van der Waals surface area (Å²) >= 11 is 0. The normalized spacial score (nSPS) is 18.3. The van der Waals surface area contributed by atoms with Crippen molar-refractivity contribution in [3.05, 3.63) is 29.3 Å². The van der Waals surface area contributed by atoms with E-state index in [1.54, 1.807) is 4.90 Å². The van der Waals surface area contributed by atoms with Crippen LogP contribution in [0.1, 0.15) is 24.5 Å². The molecule has 1 fully saturated rings. The molecule has 1 aliphatic heterocycles. The molecule has 0 saturated carbocycles. The molecule has 0 spiro atoms. The van der Waals surface area contributed by atoms with Gasteiger partial charge in [-0.3, -0.25) is 9.59 Å². The Morgan fingerprint density at radius 3 is 2.90 bits per heavy atom. The first kappa shape index (κ1) is 15.4. The van der Waals surface area contributed by atoms with Crippen molar-refractivity contribution >= 4 is 11.8 Å². The molecular weight excluding hydrogens is 268 g/mol. The zero-order valence-corrected chi connectivity index (χ0v) is 12.8. The van der Waals surface area contributed by atoms with E-state index in [0.29, 0.717) is 19.5 Å². The van der Waals surface area contributed by atoms with E-state index >= 15 is 0 Å². The smallest absolute Gasteiger partial charge is 0.261 e. The van der Waals surface area contributed by atoms with Crippen molar-refractivity contribution in [2.75, 3.05) is 19.7 Å². The zero-order chi connectivity index (χ0) is 15.4. The number of hydrogen-bond donors (Lipinski definition) is 1. The number of rotatable bonds is 4. The lowest BCUT2D eigenvalue weighted by atomic mass is 10.1. The number of amides is 2. The molecule has 1 aromatic rings. The molecule has 0 bridgehead atoms. The fourth-order valence-corrected chi connectivity index (χ4v) is 2.52.